The SMILES string of the molecule is CC(Br)c1ccncc1.CC(O)c1ccncc1.CC(c1ccncc1)n1ccc(N)n1.CC(c1ccncc1)n1ccc(NC(=O)c2ccc3c(c2)OCO3)n1.CC(c1ccncc1)n1ccc([N+](=O)[O-])n1.O=C(Cl)c1ccc2c(c1)OCO2.O=[N+]([O-])c1ccn[nH]1. The Morgan fingerprint density at radius 3 is 1.34 bits per heavy atom. The Balaban J connectivity index is 0.000000160. The van der Waals surface area contributed by atoms with Gasteiger partial charge in [0.15, 0.2) is 28.8 Å². The molecule has 93 heavy (non-hydrogen) atoms. The number of benzene rings is 2. The maximum absolute atomic E-state index is 12.4. The van der Waals surface area contributed by atoms with E-state index in [1.54, 1.807) is 145 Å². The Morgan fingerprint density at radius 2 is 0.968 bits per heavy atom. The fourth-order valence-corrected chi connectivity index (χ4v) is 8.50. The summed E-state index contributed by atoms with van der Waals surface area (Å²) in [6.45, 7) is 10.2. The van der Waals surface area contributed by atoms with E-state index in [0.29, 0.717) is 50.6 Å². The molecule has 0 saturated heterocycles. The van der Waals surface area contributed by atoms with Crippen molar-refractivity contribution in [2.45, 2.75) is 63.7 Å². The average molecular weight is 1350 g/mol. The number of nitrogen functional groups attached to an aromatic ring is 1. The molecule has 480 valence electrons. The van der Waals surface area contributed by atoms with Gasteiger partial charge in [-0.2, -0.15) is 14.9 Å². The molecule has 0 fully saturated rings. The summed E-state index contributed by atoms with van der Waals surface area (Å²) in [5, 5.41) is 49.6. The summed E-state index contributed by atoms with van der Waals surface area (Å²) < 4.78 is 25.9. The van der Waals surface area contributed by atoms with Gasteiger partial charge in [0.1, 0.15) is 5.82 Å². The van der Waals surface area contributed by atoms with Crippen LogP contribution in [0.5, 0.6) is 23.0 Å². The normalized spacial score (nSPS) is 12.6. The molecule has 28 nitrogen and oxygen atoms in total. The number of anilines is 2. The minimum absolute atomic E-state index is 0.0409. The van der Waals surface area contributed by atoms with Crippen LogP contribution in [-0.2, 0) is 0 Å². The van der Waals surface area contributed by atoms with Gasteiger partial charge in [-0.05, 0) is 187 Å². The third kappa shape index (κ3) is 21.4. The van der Waals surface area contributed by atoms with Gasteiger partial charge in [0.25, 0.3) is 11.1 Å². The van der Waals surface area contributed by atoms with Crippen molar-refractivity contribution >= 4 is 62.0 Å². The van der Waals surface area contributed by atoms with Crippen LogP contribution in [0.15, 0.2) is 208 Å². The van der Waals surface area contributed by atoms with Crippen LogP contribution in [0.2, 0.25) is 0 Å². The first-order valence-electron chi connectivity index (χ1n) is 28.2. The number of nitrogens with zero attached hydrogens (tertiary/aromatic N) is 14. The molecule has 2 aliphatic rings. The van der Waals surface area contributed by atoms with Crippen LogP contribution < -0.4 is 30.0 Å². The molecular formula is C63H63BrClN17O11. The zero-order chi connectivity index (χ0) is 66.7. The smallest absolute Gasteiger partial charge is 0.389 e. The number of halogens is 2. The number of carbonyl (C=O) groups is 2. The third-order valence-electron chi connectivity index (χ3n) is 13.3. The Hall–Kier alpha value is -11.3. The van der Waals surface area contributed by atoms with E-state index in [-0.39, 0.29) is 55.4 Å². The summed E-state index contributed by atoms with van der Waals surface area (Å²) in [5.41, 5.74) is 11.9. The van der Waals surface area contributed by atoms with Gasteiger partial charge >= 0.3 is 11.6 Å². The fourth-order valence-electron chi connectivity index (χ4n) is 8.08. The summed E-state index contributed by atoms with van der Waals surface area (Å²) in [5.74, 6) is 3.01. The maximum atomic E-state index is 12.4. The summed E-state index contributed by atoms with van der Waals surface area (Å²) in [6, 6.07) is 35.5. The molecule has 30 heteroatoms. The molecule has 0 bridgehead atoms. The van der Waals surface area contributed by atoms with Crippen molar-refractivity contribution in [1.29, 1.82) is 0 Å². The quantitative estimate of drug-likeness (QED) is 0.0360. The number of aliphatic hydroxyl groups is 1. The number of pyridine rings is 5. The number of aromatic amines is 1. The number of hydrogen-bond acceptors (Lipinski definition) is 21. The lowest BCUT2D eigenvalue weighted by Crippen LogP contribution is -2.13. The lowest BCUT2D eigenvalue weighted by Gasteiger charge is -2.12. The maximum Gasteiger partial charge on any atom is 0.389 e. The molecule has 0 radical (unpaired) electrons. The predicted octanol–water partition coefficient (Wildman–Crippen LogP) is 11.9. The number of aliphatic hydroxyl groups excluding tert-OH is 1. The molecule has 5 unspecified atom stereocenters. The van der Waals surface area contributed by atoms with Crippen molar-refractivity contribution in [2.24, 2.45) is 0 Å². The largest absolute Gasteiger partial charge is 0.454 e. The van der Waals surface area contributed by atoms with Gasteiger partial charge in [-0.15, -0.1) is 5.10 Å². The van der Waals surface area contributed by atoms with E-state index in [2.05, 4.69) is 85.5 Å². The topological polar surface area (TPSA) is 362 Å². The van der Waals surface area contributed by atoms with Crippen LogP contribution in [0.25, 0.3) is 0 Å². The van der Waals surface area contributed by atoms with Gasteiger partial charge in [-0.1, -0.05) is 21.0 Å². The molecule has 0 aliphatic carbocycles. The number of nitro groups is 2. The second-order valence-electron chi connectivity index (χ2n) is 19.6. The van der Waals surface area contributed by atoms with Gasteiger partial charge in [0, 0.05) is 96.4 Å². The van der Waals surface area contributed by atoms with Crippen LogP contribution >= 0.6 is 27.5 Å². The van der Waals surface area contributed by atoms with E-state index in [1.807, 2.05) is 79.5 Å². The van der Waals surface area contributed by atoms with Crippen molar-refractivity contribution in [3.63, 3.8) is 0 Å². The highest BCUT2D eigenvalue weighted by Gasteiger charge is 2.20. The third-order valence-corrected chi connectivity index (χ3v) is 14.0. The van der Waals surface area contributed by atoms with Crippen molar-refractivity contribution in [1.82, 2.24) is 64.5 Å². The number of fused-ring (bicyclic) bond motifs is 2. The molecule has 5 atom stereocenters. The number of rotatable bonds is 13. The summed E-state index contributed by atoms with van der Waals surface area (Å²) in [7, 11) is 0. The second kappa shape index (κ2) is 35.2. The van der Waals surface area contributed by atoms with E-state index in [9.17, 15) is 29.8 Å². The average Bonchev–Trinajstić information content (AvgIpc) is 2.07. The highest BCUT2D eigenvalue weighted by molar-refractivity contribution is 9.09. The standard InChI is InChI=1S/C18H16N4O3.C10H10N4O2.C10H12N4.C8H5ClO3.C7H8BrN.C7H9NO.C3H3N3O2/c1-12(13-4-7-19-8-5-13)22-9-6-17(21-22)20-18(23)14-2-3-15-16(10-14)25-11-24-15;1-8(9-2-5-11-6-3-9)13-7-4-10(12-13)14(15)16;1-8(9-2-5-12-6-3-9)14-7-4-10(11)13-14;9-8(10)5-1-2-6-7(3-5)12-4-11-6;1-6(8)7-2-4-9-5-3-7;1-6(9)7-2-4-8-5-3-7;7-6(8)3-1-2-4-5-3/h2-10,12H,11H2,1H3,(H,20,21,23);2-8H,1H3;2-8H,1H3,(H2,11,13);1-3H,4H2;2-6H,1H3;2-6,9H,1H3;1-2H,(H,4,5). The van der Waals surface area contributed by atoms with Crippen LogP contribution in [0.1, 0.15) is 112 Å². The zero-order valence-electron chi connectivity index (χ0n) is 50.6. The number of hydrogen-bond donors (Lipinski definition) is 4. The van der Waals surface area contributed by atoms with Gasteiger partial charge in [-0.3, -0.25) is 43.9 Å². The van der Waals surface area contributed by atoms with Crippen LogP contribution in [0.3, 0.4) is 0 Å². The van der Waals surface area contributed by atoms with E-state index in [0.717, 1.165) is 16.7 Å². The van der Waals surface area contributed by atoms with Crippen molar-refractivity contribution < 1.29 is 43.5 Å². The summed E-state index contributed by atoms with van der Waals surface area (Å²) in [4.78, 5) is 62.4. The van der Waals surface area contributed by atoms with Crippen LogP contribution in [0, 0.1) is 20.2 Å². The van der Waals surface area contributed by atoms with E-state index in [1.165, 1.54) is 29.5 Å². The Kier molecular flexibility index (Phi) is 26.2. The number of H-pyrrole nitrogens is 1. The minimum Gasteiger partial charge on any atom is -0.454 e. The molecule has 2 aliphatic heterocycles. The number of alkyl halides is 1. The van der Waals surface area contributed by atoms with Crippen LogP contribution in [-0.4, -0.2) is 104 Å². The molecule has 13 rings (SSSR count). The van der Waals surface area contributed by atoms with Gasteiger partial charge < -0.3 is 55.3 Å². The molecule has 1 amide bonds. The first-order chi connectivity index (χ1) is 44.8. The monoisotopic (exact) mass is 1350 g/mol. The molecule has 11 aromatic rings. The fraction of sp³-hybridized carbons (Fsp3) is 0.190. The van der Waals surface area contributed by atoms with Gasteiger partial charge in [0.2, 0.25) is 13.6 Å². The molecule has 5 N–H and O–H groups in total. The Morgan fingerprint density at radius 1 is 0.548 bits per heavy atom. The number of amides is 1. The van der Waals surface area contributed by atoms with E-state index in [4.69, 9.17) is 41.4 Å². The molecule has 0 spiro atoms. The van der Waals surface area contributed by atoms with Crippen molar-refractivity contribution in [3.8, 4) is 23.0 Å². The van der Waals surface area contributed by atoms with Crippen molar-refractivity contribution in [3.05, 3.63) is 267 Å². The lowest BCUT2D eigenvalue weighted by atomic mass is 10.1. The predicted molar refractivity (Wildman–Crippen MR) is 347 cm³/mol. The van der Waals surface area contributed by atoms with Gasteiger partial charge in [0.05, 0.1) is 53.9 Å². The minimum atomic E-state index is -0.535. The first-order valence-corrected chi connectivity index (χ1v) is 29.5. The Labute approximate surface area is 545 Å². The molecule has 2 aromatic carbocycles. The molecule has 0 saturated carbocycles. The summed E-state index contributed by atoms with van der Waals surface area (Å²) >= 11 is 8.72. The second-order valence-corrected chi connectivity index (χ2v) is 21.3. The van der Waals surface area contributed by atoms with E-state index >= 15 is 0 Å². The highest BCUT2D eigenvalue weighted by Crippen LogP contribution is 2.34. The number of nitrogens with one attached hydrogen (secondary N) is 2. The number of aromatic nitrogens is 13. The molecule has 9 aromatic heterocycles. The van der Waals surface area contributed by atoms with Gasteiger partial charge in [-0.25, -0.2) is 0 Å². The van der Waals surface area contributed by atoms with E-state index < -0.39 is 15.1 Å². The molecule has 11 heterocycles. The van der Waals surface area contributed by atoms with Crippen molar-refractivity contribution in [2.75, 3.05) is 24.6 Å². The zero-order valence-corrected chi connectivity index (χ0v) is 52.9. The highest BCUT2D eigenvalue weighted by atomic mass is 79.9. The number of ether oxygens (including phenoxy) is 4. The summed E-state index contributed by atoms with van der Waals surface area (Å²) in [6.07, 6.45) is 23.6. The lowest BCUT2D eigenvalue weighted by molar-refractivity contribution is -0.389. The van der Waals surface area contributed by atoms with Crippen LogP contribution in [0.4, 0.5) is 23.3 Å². The molecular weight excluding hydrogens is 1290 g/mol. The number of carbonyl (C=O) groups excluding carboxylic acids is 2. The first kappa shape index (κ1) is 69.2. The number of nitrogens with two attached hydrogens (primary N) is 1. The Bertz CT molecular complexity index is 4040.